The van der Waals surface area contributed by atoms with Gasteiger partial charge in [-0.3, -0.25) is 9.88 Å². The van der Waals surface area contributed by atoms with Crippen molar-refractivity contribution < 1.29 is 5.11 Å². The molecule has 3 heterocycles. The Hall–Kier alpha value is -2.17. The van der Waals surface area contributed by atoms with Crippen LogP contribution in [0.4, 0.5) is 0 Å². The van der Waals surface area contributed by atoms with Gasteiger partial charge in [-0.2, -0.15) is 0 Å². The first-order chi connectivity index (χ1) is 13.5. The summed E-state index contributed by atoms with van der Waals surface area (Å²) in [6.45, 7) is 5.57. The number of hydrogen-bond acceptors (Lipinski definition) is 3. The Morgan fingerprint density at radius 2 is 2.11 bits per heavy atom. The van der Waals surface area contributed by atoms with Crippen molar-refractivity contribution in [2.24, 2.45) is 0 Å². The molecule has 3 atom stereocenters. The molecule has 4 heteroatoms. The van der Waals surface area contributed by atoms with Crippen LogP contribution in [0.5, 0.6) is 0 Å². The molecule has 0 spiro atoms. The van der Waals surface area contributed by atoms with Crippen LogP contribution in [0.15, 0.2) is 42.7 Å². The summed E-state index contributed by atoms with van der Waals surface area (Å²) in [5.41, 5.74) is 5.38. The number of benzene rings is 1. The van der Waals surface area contributed by atoms with Gasteiger partial charge in [-0.25, -0.2) is 0 Å². The van der Waals surface area contributed by atoms with E-state index >= 15 is 0 Å². The van der Waals surface area contributed by atoms with Crippen molar-refractivity contribution in [3.63, 3.8) is 0 Å². The fourth-order valence-corrected chi connectivity index (χ4v) is 5.55. The van der Waals surface area contributed by atoms with Crippen molar-refractivity contribution in [3.8, 4) is 0 Å². The lowest BCUT2D eigenvalue weighted by atomic mass is 9.87. The number of pyridine rings is 1. The zero-order valence-electron chi connectivity index (χ0n) is 17.0. The first-order valence-corrected chi connectivity index (χ1v) is 10.4. The van der Waals surface area contributed by atoms with Gasteiger partial charge < -0.3 is 9.67 Å². The third-order valence-electron chi connectivity index (χ3n) is 6.93. The Morgan fingerprint density at radius 3 is 2.89 bits per heavy atom. The van der Waals surface area contributed by atoms with Crippen molar-refractivity contribution in [2.75, 3.05) is 7.05 Å². The van der Waals surface area contributed by atoms with Gasteiger partial charge in [0.05, 0.1) is 6.54 Å². The van der Waals surface area contributed by atoms with Gasteiger partial charge in [-0.15, -0.1) is 0 Å². The molecule has 1 aliphatic carbocycles. The number of nitrogens with zero attached hydrogens (tertiary/aromatic N) is 3. The highest BCUT2D eigenvalue weighted by atomic mass is 16.3. The maximum Gasteiger partial charge on any atom is 0.106 e. The second-order valence-corrected chi connectivity index (χ2v) is 9.00. The number of aryl methyl sites for hydroxylation is 1. The summed E-state index contributed by atoms with van der Waals surface area (Å²) in [6, 6.07) is 11.3. The molecule has 1 saturated carbocycles. The molecule has 0 radical (unpaired) electrons. The highest BCUT2D eigenvalue weighted by Gasteiger charge is 2.40. The Morgan fingerprint density at radius 1 is 1.25 bits per heavy atom. The molecule has 0 amide bonds. The summed E-state index contributed by atoms with van der Waals surface area (Å²) in [4.78, 5) is 6.75. The van der Waals surface area contributed by atoms with E-state index < -0.39 is 5.60 Å². The first-order valence-electron chi connectivity index (χ1n) is 10.4. The van der Waals surface area contributed by atoms with E-state index in [1.807, 2.05) is 19.1 Å². The van der Waals surface area contributed by atoms with Gasteiger partial charge in [-0.1, -0.05) is 24.1 Å². The maximum atomic E-state index is 11.4. The minimum absolute atomic E-state index is 0.540. The van der Waals surface area contributed by atoms with E-state index in [0.29, 0.717) is 18.5 Å². The summed E-state index contributed by atoms with van der Waals surface area (Å²) in [5.74, 6) is 0.614. The zero-order chi connectivity index (χ0) is 19.5. The van der Waals surface area contributed by atoms with Gasteiger partial charge in [0.15, 0.2) is 0 Å². The average molecular weight is 376 g/mol. The van der Waals surface area contributed by atoms with E-state index in [9.17, 15) is 5.11 Å². The molecule has 3 unspecified atom stereocenters. The lowest BCUT2D eigenvalue weighted by molar-refractivity contribution is 0.0372. The normalized spacial score (nSPS) is 24.1. The molecule has 1 aromatic carbocycles. The molecule has 1 fully saturated rings. The lowest BCUT2D eigenvalue weighted by Gasteiger charge is -2.36. The maximum absolute atomic E-state index is 11.4. The Kier molecular flexibility index (Phi) is 4.11. The summed E-state index contributed by atoms with van der Waals surface area (Å²) in [6.07, 6.45) is 7.41. The third kappa shape index (κ3) is 2.70. The highest BCUT2D eigenvalue weighted by molar-refractivity contribution is 5.87. The fraction of sp³-hybridized carbons (Fsp3) is 0.458. The number of fused-ring (bicyclic) bond motifs is 5. The molecule has 2 aliphatic rings. The molecule has 146 valence electrons. The quantitative estimate of drug-likeness (QED) is 0.741. The van der Waals surface area contributed by atoms with Crippen molar-refractivity contribution in [2.45, 2.75) is 63.8 Å². The van der Waals surface area contributed by atoms with E-state index in [1.54, 1.807) is 18.0 Å². The SMILES string of the molecule is Cc1ccc2c(c1)c1c(n2CC(C)(O)c2cccnc2)CN(C)C2CCCC12. The van der Waals surface area contributed by atoms with E-state index in [4.69, 9.17) is 0 Å². The lowest BCUT2D eigenvalue weighted by Crippen LogP contribution is -2.39. The van der Waals surface area contributed by atoms with Gasteiger partial charge in [0.1, 0.15) is 5.60 Å². The van der Waals surface area contributed by atoms with Crippen molar-refractivity contribution in [3.05, 3.63) is 65.1 Å². The van der Waals surface area contributed by atoms with E-state index in [-0.39, 0.29) is 0 Å². The number of rotatable bonds is 3. The number of aliphatic hydroxyl groups is 1. The molecular formula is C24H29N3O. The van der Waals surface area contributed by atoms with Crippen molar-refractivity contribution in [1.82, 2.24) is 14.5 Å². The molecule has 1 aliphatic heterocycles. The molecule has 5 rings (SSSR count). The van der Waals surface area contributed by atoms with Crippen molar-refractivity contribution in [1.29, 1.82) is 0 Å². The molecule has 2 aromatic heterocycles. The second-order valence-electron chi connectivity index (χ2n) is 9.00. The van der Waals surface area contributed by atoms with Gasteiger partial charge in [-0.05, 0) is 57.5 Å². The Labute approximate surface area is 166 Å². The topological polar surface area (TPSA) is 41.3 Å². The molecule has 28 heavy (non-hydrogen) atoms. The minimum atomic E-state index is -0.968. The van der Waals surface area contributed by atoms with Gasteiger partial charge >= 0.3 is 0 Å². The monoisotopic (exact) mass is 375 g/mol. The predicted octanol–water partition coefficient (Wildman–Crippen LogP) is 4.33. The summed E-state index contributed by atoms with van der Waals surface area (Å²) in [7, 11) is 2.26. The smallest absolute Gasteiger partial charge is 0.106 e. The second kappa shape index (κ2) is 6.43. The van der Waals surface area contributed by atoms with E-state index in [2.05, 4.69) is 46.6 Å². The summed E-state index contributed by atoms with van der Waals surface area (Å²) < 4.78 is 2.38. The van der Waals surface area contributed by atoms with Crippen LogP contribution in [-0.2, 0) is 18.7 Å². The minimum Gasteiger partial charge on any atom is -0.384 e. The number of likely N-dealkylation sites (N-methyl/N-ethyl adjacent to an activating group) is 1. The summed E-state index contributed by atoms with van der Waals surface area (Å²) >= 11 is 0. The van der Waals surface area contributed by atoms with Crippen molar-refractivity contribution >= 4 is 10.9 Å². The van der Waals surface area contributed by atoms with E-state index in [0.717, 1.165) is 12.1 Å². The van der Waals surface area contributed by atoms with Crippen LogP contribution in [-0.4, -0.2) is 32.6 Å². The largest absolute Gasteiger partial charge is 0.384 e. The van der Waals surface area contributed by atoms with Crippen LogP contribution < -0.4 is 0 Å². The van der Waals surface area contributed by atoms with Crippen LogP contribution in [0.2, 0.25) is 0 Å². The number of aromatic nitrogens is 2. The van der Waals surface area contributed by atoms with Crippen LogP contribution in [0.3, 0.4) is 0 Å². The van der Waals surface area contributed by atoms with Crippen LogP contribution in [0.1, 0.15) is 54.5 Å². The molecule has 4 nitrogen and oxygen atoms in total. The van der Waals surface area contributed by atoms with Gasteiger partial charge in [0.2, 0.25) is 0 Å². The van der Waals surface area contributed by atoms with Gasteiger partial charge in [0.25, 0.3) is 0 Å². The van der Waals surface area contributed by atoms with Gasteiger partial charge in [0, 0.05) is 53.1 Å². The van der Waals surface area contributed by atoms with Crippen LogP contribution >= 0.6 is 0 Å². The third-order valence-corrected chi connectivity index (χ3v) is 6.93. The standard InChI is InChI=1S/C24H29N3O/c1-16-9-10-21-19(12-16)23-18-7-4-8-20(18)26(3)14-22(23)27(21)15-24(2,28)17-6-5-11-25-13-17/h5-6,9-13,18,20,28H,4,7-8,14-15H2,1-3H3. The Bertz CT molecular complexity index is 1020. The Balaban J connectivity index is 1.69. The molecular weight excluding hydrogens is 346 g/mol. The number of hydrogen-bond donors (Lipinski definition) is 1. The highest BCUT2D eigenvalue weighted by Crippen LogP contribution is 2.47. The van der Waals surface area contributed by atoms with E-state index in [1.165, 1.54) is 41.4 Å². The fourth-order valence-electron chi connectivity index (χ4n) is 5.55. The molecule has 1 N–H and O–H groups in total. The van der Waals surface area contributed by atoms with Crippen LogP contribution in [0.25, 0.3) is 10.9 Å². The molecule has 3 aromatic rings. The molecule has 0 saturated heterocycles. The first kappa shape index (κ1) is 17.9. The van der Waals surface area contributed by atoms with Crippen LogP contribution in [0, 0.1) is 6.92 Å². The molecule has 0 bridgehead atoms. The average Bonchev–Trinajstić information content (AvgIpc) is 3.26. The summed E-state index contributed by atoms with van der Waals surface area (Å²) in [5, 5.41) is 12.7. The zero-order valence-corrected chi connectivity index (χ0v) is 17.0. The predicted molar refractivity (Wildman–Crippen MR) is 112 cm³/mol.